The Kier molecular flexibility index (Phi) is 3.32. The van der Waals surface area contributed by atoms with Crippen molar-refractivity contribution in [1.29, 1.82) is 0 Å². The van der Waals surface area contributed by atoms with Gasteiger partial charge in [0, 0.05) is 0 Å². The Hall–Kier alpha value is -1.71. The molecule has 3 rings (SSSR count). The van der Waals surface area contributed by atoms with Crippen molar-refractivity contribution >= 4 is 0 Å². The van der Waals surface area contributed by atoms with Crippen LogP contribution in [0.3, 0.4) is 0 Å². The van der Waals surface area contributed by atoms with E-state index in [2.05, 4.69) is 11.4 Å². The smallest absolute Gasteiger partial charge is 0.123 e. The van der Waals surface area contributed by atoms with Gasteiger partial charge in [-0.2, -0.15) is 0 Å². The average molecular weight is 257 g/mol. The fourth-order valence-electron chi connectivity index (χ4n) is 2.70. The summed E-state index contributed by atoms with van der Waals surface area (Å²) < 4.78 is 13.3. The molecule has 2 aromatic rings. The summed E-state index contributed by atoms with van der Waals surface area (Å²) in [6.07, 6.45) is 0.222. The van der Waals surface area contributed by atoms with Crippen LogP contribution in [0, 0.1) is 5.82 Å². The van der Waals surface area contributed by atoms with Crippen molar-refractivity contribution in [2.75, 3.05) is 6.54 Å². The lowest BCUT2D eigenvalue weighted by Gasteiger charge is -2.30. The molecule has 2 aromatic carbocycles. The predicted molar refractivity (Wildman–Crippen MR) is 72.2 cm³/mol. The van der Waals surface area contributed by atoms with E-state index in [0.29, 0.717) is 5.56 Å². The van der Waals surface area contributed by atoms with E-state index in [4.69, 9.17) is 0 Å². The van der Waals surface area contributed by atoms with Gasteiger partial charge in [-0.1, -0.05) is 36.4 Å². The minimum Gasteiger partial charge on any atom is -0.386 e. The van der Waals surface area contributed by atoms with E-state index >= 15 is 0 Å². The molecule has 2 atom stereocenters. The van der Waals surface area contributed by atoms with Gasteiger partial charge in [-0.3, -0.25) is 0 Å². The Morgan fingerprint density at radius 2 is 2.00 bits per heavy atom. The zero-order chi connectivity index (χ0) is 13.2. The standard InChI is InChI=1S/C16H16FNO/c17-13-6-3-5-12(10-13)16(19)15-14-7-2-1-4-11(14)8-9-18-15/h1-7,10,15-16,18-19H,8-9H2. The van der Waals surface area contributed by atoms with Gasteiger partial charge in [0.05, 0.1) is 12.1 Å². The van der Waals surface area contributed by atoms with Crippen LogP contribution in [0.5, 0.6) is 0 Å². The fraction of sp³-hybridized carbons (Fsp3) is 0.250. The molecule has 2 N–H and O–H groups in total. The van der Waals surface area contributed by atoms with Crippen LogP contribution in [0.4, 0.5) is 4.39 Å². The number of halogens is 1. The third-order valence-corrected chi connectivity index (χ3v) is 3.65. The van der Waals surface area contributed by atoms with E-state index < -0.39 is 6.10 Å². The molecule has 0 spiro atoms. The third kappa shape index (κ3) is 2.39. The number of aliphatic hydroxyl groups excluding tert-OH is 1. The van der Waals surface area contributed by atoms with Gasteiger partial charge in [0.2, 0.25) is 0 Å². The second-order valence-corrected chi connectivity index (χ2v) is 4.88. The summed E-state index contributed by atoms with van der Waals surface area (Å²) in [6, 6.07) is 14.1. The van der Waals surface area contributed by atoms with Crippen molar-refractivity contribution in [3.8, 4) is 0 Å². The lowest BCUT2D eigenvalue weighted by molar-refractivity contribution is 0.125. The van der Waals surface area contributed by atoms with Crippen LogP contribution in [-0.4, -0.2) is 11.7 Å². The molecule has 19 heavy (non-hydrogen) atoms. The molecule has 2 unspecified atom stereocenters. The second kappa shape index (κ2) is 5.11. The Morgan fingerprint density at radius 1 is 1.16 bits per heavy atom. The highest BCUT2D eigenvalue weighted by Gasteiger charge is 2.27. The number of fused-ring (bicyclic) bond motifs is 1. The van der Waals surface area contributed by atoms with Crippen LogP contribution < -0.4 is 5.32 Å². The lowest BCUT2D eigenvalue weighted by Crippen LogP contribution is -2.33. The third-order valence-electron chi connectivity index (χ3n) is 3.65. The highest BCUT2D eigenvalue weighted by atomic mass is 19.1. The zero-order valence-corrected chi connectivity index (χ0v) is 10.5. The molecule has 2 nitrogen and oxygen atoms in total. The van der Waals surface area contributed by atoms with Crippen molar-refractivity contribution in [3.05, 3.63) is 71.0 Å². The molecule has 1 heterocycles. The maximum Gasteiger partial charge on any atom is 0.123 e. The molecule has 0 saturated carbocycles. The largest absolute Gasteiger partial charge is 0.386 e. The summed E-state index contributed by atoms with van der Waals surface area (Å²) in [4.78, 5) is 0. The van der Waals surface area contributed by atoms with Gasteiger partial charge in [0.1, 0.15) is 5.82 Å². The second-order valence-electron chi connectivity index (χ2n) is 4.88. The minimum absolute atomic E-state index is 0.174. The highest BCUT2D eigenvalue weighted by Crippen LogP contribution is 2.33. The Labute approximate surface area is 111 Å². The quantitative estimate of drug-likeness (QED) is 0.867. The van der Waals surface area contributed by atoms with Crippen molar-refractivity contribution in [2.45, 2.75) is 18.6 Å². The van der Waals surface area contributed by atoms with Crippen LogP contribution in [-0.2, 0) is 6.42 Å². The molecule has 3 heteroatoms. The van der Waals surface area contributed by atoms with Crippen molar-refractivity contribution in [1.82, 2.24) is 5.32 Å². The molecule has 98 valence electrons. The van der Waals surface area contributed by atoms with Crippen molar-refractivity contribution in [2.24, 2.45) is 0 Å². The van der Waals surface area contributed by atoms with E-state index in [1.165, 1.54) is 17.7 Å². The molecule has 0 radical (unpaired) electrons. The number of nitrogens with one attached hydrogen (secondary N) is 1. The lowest BCUT2D eigenvalue weighted by atomic mass is 9.88. The normalized spacial score (nSPS) is 19.8. The summed E-state index contributed by atoms with van der Waals surface area (Å²) in [6.45, 7) is 0.827. The first kappa shape index (κ1) is 12.3. The van der Waals surface area contributed by atoms with Crippen LogP contribution in [0.2, 0.25) is 0 Å². The summed E-state index contributed by atoms with van der Waals surface area (Å²) in [5.41, 5.74) is 2.96. The number of benzene rings is 2. The van der Waals surface area contributed by atoms with Gasteiger partial charge in [-0.05, 0) is 41.8 Å². The van der Waals surface area contributed by atoms with E-state index in [0.717, 1.165) is 18.5 Å². The van der Waals surface area contributed by atoms with Crippen LogP contribution >= 0.6 is 0 Å². The molecule has 0 amide bonds. The number of hydrogen-bond donors (Lipinski definition) is 2. The number of hydrogen-bond acceptors (Lipinski definition) is 2. The van der Waals surface area contributed by atoms with Crippen molar-refractivity contribution < 1.29 is 9.50 Å². The molecule has 0 saturated heterocycles. The Morgan fingerprint density at radius 3 is 2.84 bits per heavy atom. The van der Waals surface area contributed by atoms with Gasteiger partial charge in [-0.25, -0.2) is 4.39 Å². The Balaban J connectivity index is 1.95. The maximum absolute atomic E-state index is 13.3. The first-order chi connectivity index (χ1) is 9.25. The number of rotatable bonds is 2. The molecular formula is C16H16FNO. The van der Waals surface area contributed by atoms with Gasteiger partial charge in [0.25, 0.3) is 0 Å². The first-order valence-electron chi connectivity index (χ1n) is 6.50. The summed E-state index contributed by atoms with van der Waals surface area (Å²) in [5, 5.41) is 13.8. The highest BCUT2D eigenvalue weighted by molar-refractivity contribution is 5.35. The number of aliphatic hydroxyl groups is 1. The average Bonchev–Trinajstić information content (AvgIpc) is 2.46. The van der Waals surface area contributed by atoms with E-state index in [9.17, 15) is 9.50 Å². The topological polar surface area (TPSA) is 32.3 Å². The molecule has 0 bridgehead atoms. The first-order valence-corrected chi connectivity index (χ1v) is 6.50. The van der Waals surface area contributed by atoms with Crippen LogP contribution in [0.25, 0.3) is 0 Å². The van der Waals surface area contributed by atoms with Gasteiger partial charge in [-0.15, -0.1) is 0 Å². The molecule has 0 aromatic heterocycles. The van der Waals surface area contributed by atoms with E-state index in [-0.39, 0.29) is 11.9 Å². The summed E-state index contributed by atoms with van der Waals surface area (Å²) in [7, 11) is 0. The molecule has 1 aliphatic heterocycles. The maximum atomic E-state index is 13.3. The van der Waals surface area contributed by atoms with Gasteiger partial charge in [0.15, 0.2) is 0 Å². The van der Waals surface area contributed by atoms with Crippen molar-refractivity contribution in [3.63, 3.8) is 0 Å². The fourth-order valence-corrected chi connectivity index (χ4v) is 2.70. The van der Waals surface area contributed by atoms with E-state index in [1.807, 2.05) is 18.2 Å². The molecule has 1 aliphatic rings. The molecule has 0 fully saturated rings. The van der Waals surface area contributed by atoms with Gasteiger partial charge < -0.3 is 10.4 Å². The monoisotopic (exact) mass is 257 g/mol. The SMILES string of the molecule is OC(c1cccc(F)c1)C1NCCc2ccccc21. The van der Waals surface area contributed by atoms with E-state index in [1.54, 1.807) is 12.1 Å². The minimum atomic E-state index is -0.739. The molecule has 0 aliphatic carbocycles. The molecular weight excluding hydrogens is 241 g/mol. The van der Waals surface area contributed by atoms with Crippen LogP contribution in [0.1, 0.15) is 28.8 Å². The Bertz CT molecular complexity index is 584. The van der Waals surface area contributed by atoms with Crippen LogP contribution in [0.15, 0.2) is 48.5 Å². The summed E-state index contributed by atoms with van der Waals surface area (Å²) in [5.74, 6) is -0.319. The zero-order valence-electron chi connectivity index (χ0n) is 10.5. The summed E-state index contributed by atoms with van der Waals surface area (Å²) >= 11 is 0. The van der Waals surface area contributed by atoms with Gasteiger partial charge >= 0.3 is 0 Å². The predicted octanol–water partition coefficient (Wildman–Crippen LogP) is 2.75.